The Labute approximate surface area is 150 Å². The van der Waals surface area contributed by atoms with Gasteiger partial charge in [-0.2, -0.15) is 0 Å². The fourth-order valence-corrected chi connectivity index (χ4v) is 3.63. The third kappa shape index (κ3) is 5.42. The second-order valence-corrected chi connectivity index (χ2v) is 8.24. The highest BCUT2D eigenvalue weighted by Gasteiger charge is 2.39. The Morgan fingerprint density at radius 1 is 1.20 bits per heavy atom. The van der Waals surface area contributed by atoms with E-state index in [2.05, 4.69) is 10.2 Å². The number of rotatable bonds is 6. The maximum Gasteiger partial charge on any atom is 0.225 e. The van der Waals surface area contributed by atoms with Crippen LogP contribution in [0.5, 0.6) is 0 Å². The summed E-state index contributed by atoms with van der Waals surface area (Å²) in [5.41, 5.74) is 5.11. The minimum absolute atomic E-state index is 0.0154. The number of hydrogen-bond donors (Lipinski definition) is 2. The molecular weight excluding hydrogens is 320 g/mol. The fourth-order valence-electron chi connectivity index (χ4n) is 3.63. The molecule has 2 saturated heterocycles. The predicted molar refractivity (Wildman–Crippen MR) is 95.6 cm³/mol. The highest BCUT2D eigenvalue weighted by atomic mass is 16.2. The number of piperidine rings is 1. The summed E-state index contributed by atoms with van der Waals surface area (Å²) < 4.78 is 0. The molecule has 0 saturated carbocycles. The standard InChI is InChI=1S/C18H32N4O3/c1-18(2,3)22-12-14(11-15(22)23)17(25)20-7-4-8-21-9-5-13(6-10-21)16(19)24/h13-14H,4-12H2,1-3H3,(H2,19,24)(H,20,25). The summed E-state index contributed by atoms with van der Waals surface area (Å²) in [6.45, 7) is 9.79. The summed E-state index contributed by atoms with van der Waals surface area (Å²) in [6, 6.07) is 0. The molecule has 2 aliphatic heterocycles. The summed E-state index contributed by atoms with van der Waals surface area (Å²) >= 11 is 0. The van der Waals surface area contributed by atoms with Gasteiger partial charge in [0.05, 0.1) is 5.92 Å². The zero-order valence-electron chi connectivity index (χ0n) is 15.7. The van der Waals surface area contributed by atoms with E-state index in [1.807, 2.05) is 20.8 Å². The normalized spacial score (nSPS) is 23.1. The number of hydrogen-bond acceptors (Lipinski definition) is 4. The van der Waals surface area contributed by atoms with Crippen LogP contribution < -0.4 is 11.1 Å². The van der Waals surface area contributed by atoms with Crippen molar-refractivity contribution in [3.05, 3.63) is 0 Å². The average molecular weight is 352 g/mol. The molecule has 2 aliphatic rings. The van der Waals surface area contributed by atoms with Gasteiger partial charge in [0.15, 0.2) is 0 Å². The number of primary amides is 1. The van der Waals surface area contributed by atoms with Crippen molar-refractivity contribution in [2.45, 2.75) is 52.0 Å². The molecule has 2 heterocycles. The first-order chi connectivity index (χ1) is 11.7. The molecule has 0 bridgehead atoms. The van der Waals surface area contributed by atoms with Gasteiger partial charge in [0.25, 0.3) is 0 Å². The lowest BCUT2D eigenvalue weighted by Crippen LogP contribution is -2.43. The number of nitrogens with zero attached hydrogens (tertiary/aromatic N) is 2. The molecule has 2 rings (SSSR count). The van der Waals surface area contributed by atoms with E-state index in [1.54, 1.807) is 4.90 Å². The van der Waals surface area contributed by atoms with E-state index in [1.165, 1.54) is 0 Å². The van der Waals surface area contributed by atoms with E-state index < -0.39 is 0 Å². The third-order valence-electron chi connectivity index (χ3n) is 5.25. The van der Waals surface area contributed by atoms with Crippen LogP contribution in [0.15, 0.2) is 0 Å². The zero-order chi connectivity index (χ0) is 18.6. The molecule has 3 amide bonds. The van der Waals surface area contributed by atoms with E-state index >= 15 is 0 Å². The van der Waals surface area contributed by atoms with E-state index in [0.717, 1.165) is 38.9 Å². The molecule has 0 aromatic rings. The van der Waals surface area contributed by atoms with Crippen molar-refractivity contribution < 1.29 is 14.4 Å². The zero-order valence-corrected chi connectivity index (χ0v) is 15.7. The molecule has 3 N–H and O–H groups in total. The van der Waals surface area contributed by atoms with Crippen LogP contribution in [0.1, 0.15) is 46.5 Å². The number of carbonyl (C=O) groups excluding carboxylic acids is 3. The average Bonchev–Trinajstić information content (AvgIpc) is 2.94. The molecule has 25 heavy (non-hydrogen) atoms. The van der Waals surface area contributed by atoms with Gasteiger partial charge < -0.3 is 20.9 Å². The van der Waals surface area contributed by atoms with Crippen LogP contribution in [0.4, 0.5) is 0 Å². The van der Waals surface area contributed by atoms with E-state index in [-0.39, 0.29) is 35.1 Å². The van der Waals surface area contributed by atoms with Gasteiger partial charge in [0.1, 0.15) is 0 Å². The molecule has 2 fully saturated rings. The van der Waals surface area contributed by atoms with Crippen molar-refractivity contribution in [2.75, 3.05) is 32.7 Å². The number of likely N-dealkylation sites (tertiary alicyclic amines) is 2. The summed E-state index contributed by atoms with van der Waals surface area (Å²) in [4.78, 5) is 39.6. The molecule has 7 nitrogen and oxygen atoms in total. The molecule has 0 spiro atoms. The van der Waals surface area contributed by atoms with E-state index in [9.17, 15) is 14.4 Å². The van der Waals surface area contributed by atoms with E-state index in [4.69, 9.17) is 5.73 Å². The summed E-state index contributed by atoms with van der Waals surface area (Å²) in [5.74, 6) is -0.375. The quantitative estimate of drug-likeness (QED) is 0.674. The maximum atomic E-state index is 12.3. The van der Waals surface area contributed by atoms with Gasteiger partial charge in [-0.3, -0.25) is 14.4 Å². The summed E-state index contributed by atoms with van der Waals surface area (Å²) in [7, 11) is 0. The van der Waals surface area contributed by atoms with Crippen LogP contribution in [0.3, 0.4) is 0 Å². The molecule has 1 unspecified atom stereocenters. The van der Waals surface area contributed by atoms with Gasteiger partial charge in [-0.15, -0.1) is 0 Å². The van der Waals surface area contributed by atoms with Gasteiger partial charge in [-0.25, -0.2) is 0 Å². The molecule has 0 aliphatic carbocycles. The van der Waals surface area contributed by atoms with Crippen LogP contribution in [0, 0.1) is 11.8 Å². The van der Waals surface area contributed by atoms with Crippen LogP contribution in [0.25, 0.3) is 0 Å². The Balaban J connectivity index is 1.63. The fraction of sp³-hybridized carbons (Fsp3) is 0.833. The van der Waals surface area contributed by atoms with Gasteiger partial charge in [-0.1, -0.05) is 0 Å². The van der Waals surface area contributed by atoms with E-state index in [0.29, 0.717) is 19.5 Å². The Morgan fingerprint density at radius 2 is 1.84 bits per heavy atom. The number of nitrogens with two attached hydrogens (primary N) is 1. The first-order valence-electron chi connectivity index (χ1n) is 9.28. The Hall–Kier alpha value is -1.63. The van der Waals surface area contributed by atoms with Gasteiger partial charge >= 0.3 is 0 Å². The summed E-state index contributed by atoms with van der Waals surface area (Å²) in [5, 5.41) is 2.97. The second-order valence-electron chi connectivity index (χ2n) is 8.24. The van der Waals surface area contributed by atoms with Crippen molar-refractivity contribution in [1.82, 2.24) is 15.1 Å². The Kier molecular flexibility index (Phi) is 6.43. The molecule has 0 aromatic carbocycles. The van der Waals surface area contributed by atoms with Gasteiger partial charge in [-0.05, 0) is 59.7 Å². The SMILES string of the molecule is CC(C)(C)N1CC(C(=O)NCCCN2CCC(C(N)=O)CC2)CC1=O. The third-order valence-corrected chi connectivity index (χ3v) is 5.25. The van der Waals surface area contributed by atoms with Crippen LogP contribution >= 0.6 is 0 Å². The highest BCUT2D eigenvalue weighted by molar-refractivity contribution is 5.89. The molecule has 1 atom stereocenters. The minimum atomic E-state index is -0.238. The van der Waals surface area contributed by atoms with Gasteiger partial charge in [0, 0.05) is 31.0 Å². The number of amides is 3. The van der Waals surface area contributed by atoms with Crippen molar-refractivity contribution in [2.24, 2.45) is 17.6 Å². The largest absolute Gasteiger partial charge is 0.369 e. The van der Waals surface area contributed by atoms with Crippen LogP contribution in [0.2, 0.25) is 0 Å². The topological polar surface area (TPSA) is 95.7 Å². The minimum Gasteiger partial charge on any atom is -0.369 e. The van der Waals surface area contributed by atoms with Crippen molar-refractivity contribution in [3.8, 4) is 0 Å². The Morgan fingerprint density at radius 3 is 2.36 bits per heavy atom. The van der Waals surface area contributed by atoms with Gasteiger partial charge in [0.2, 0.25) is 17.7 Å². The summed E-state index contributed by atoms with van der Waals surface area (Å²) in [6.07, 6.45) is 2.84. The molecule has 7 heteroatoms. The van der Waals surface area contributed by atoms with Crippen molar-refractivity contribution in [3.63, 3.8) is 0 Å². The van der Waals surface area contributed by atoms with Crippen molar-refractivity contribution >= 4 is 17.7 Å². The second kappa shape index (κ2) is 8.17. The molecule has 142 valence electrons. The molecule has 0 aromatic heterocycles. The molecule has 0 radical (unpaired) electrons. The molecular formula is C18H32N4O3. The smallest absolute Gasteiger partial charge is 0.225 e. The van der Waals surface area contributed by atoms with Crippen molar-refractivity contribution in [1.29, 1.82) is 0 Å². The predicted octanol–water partition coefficient (Wildman–Crippen LogP) is 0.337. The number of nitrogens with one attached hydrogen (secondary N) is 1. The maximum absolute atomic E-state index is 12.3. The van der Waals surface area contributed by atoms with Crippen LogP contribution in [-0.4, -0.2) is 65.8 Å². The first-order valence-corrected chi connectivity index (χ1v) is 9.28. The number of carbonyl (C=O) groups is 3. The highest BCUT2D eigenvalue weighted by Crippen LogP contribution is 2.25. The lowest BCUT2D eigenvalue weighted by Gasteiger charge is -2.32. The lowest BCUT2D eigenvalue weighted by molar-refractivity contribution is -0.132. The van der Waals surface area contributed by atoms with Crippen LogP contribution in [-0.2, 0) is 14.4 Å². The monoisotopic (exact) mass is 352 g/mol. The lowest BCUT2D eigenvalue weighted by atomic mass is 9.96. The first kappa shape index (κ1) is 19.7. The Bertz CT molecular complexity index is 507.